The molecule has 0 saturated carbocycles. The van der Waals surface area contributed by atoms with Gasteiger partial charge in [0.25, 0.3) is 0 Å². The van der Waals surface area contributed by atoms with Crippen LogP contribution in [0.5, 0.6) is 0 Å². The average Bonchev–Trinajstić information content (AvgIpc) is 2.65. The molecule has 0 unspecified atom stereocenters. The molecule has 72 valence electrons. The third-order valence-electron chi connectivity index (χ3n) is 3.16. The second-order valence-corrected chi connectivity index (χ2v) is 3.89. The maximum Gasteiger partial charge on any atom is 0.308 e. The summed E-state index contributed by atoms with van der Waals surface area (Å²) in [6, 6.07) is 0. The van der Waals surface area contributed by atoms with Crippen molar-refractivity contribution in [3.05, 3.63) is 0 Å². The second kappa shape index (κ2) is 2.69. The fourth-order valence-corrected chi connectivity index (χ4v) is 2.50. The minimum absolute atomic E-state index is 0.00421. The molecule has 13 heavy (non-hydrogen) atoms. The highest BCUT2D eigenvalue weighted by Gasteiger charge is 2.49. The van der Waals surface area contributed by atoms with E-state index in [2.05, 4.69) is 0 Å². The monoisotopic (exact) mass is 184 g/mol. The lowest BCUT2D eigenvalue weighted by Crippen LogP contribution is -2.44. The quantitative estimate of drug-likeness (QED) is 0.501. The summed E-state index contributed by atoms with van der Waals surface area (Å²) in [6.07, 6.45) is 1.55. The summed E-state index contributed by atoms with van der Waals surface area (Å²) in [7, 11) is 0. The van der Waals surface area contributed by atoms with Crippen LogP contribution in [-0.2, 0) is 19.0 Å². The number of esters is 1. The van der Waals surface area contributed by atoms with Gasteiger partial charge in [-0.05, 0) is 6.42 Å². The van der Waals surface area contributed by atoms with Crippen molar-refractivity contribution in [2.75, 3.05) is 13.2 Å². The minimum atomic E-state index is -0.123. The Bertz CT molecular complexity index is 240. The zero-order valence-corrected chi connectivity index (χ0v) is 7.27. The van der Waals surface area contributed by atoms with Crippen molar-refractivity contribution >= 4 is 5.97 Å². The zero-order chi connectivity index (χ0) is 8.84. The summed E-state index contributed by atoms with van der Waals surface area (Å²) >= 11 is 0. The maximum atomic E-state index is 11.1. The number of hydrogen-bond acceptors (Lipinski definition) is 4. The largest absolute Gasteiger partial charge is 0.459 e. The van der Waals surface area contributed by atoms with Gasteiger partial charge in [0, 0.05) is 12.5 Å². The maximum absolute atomic E-state index is 11.1. The Morgan fingerprint density at radius 3 is 3.08 bits per heavy atom. The van der Waals surface area contributed by atoms with Crippen molar-refractivity contribution in [2.45, 2.75) is 31.2 Å². The standard InChI is InChI=1S/C9H12O4/c10-8-3-6-9(13-8)5-1-2-11-7(5)4-12-6/h5-7,9H,1-4H2/t5-,6+,7-,9+/m1/s1. The van der Waals surface area contributed by atoms with Gasteiger partial charge in [0.05, 0.1) is 19.1 Å². The molecule has 0 radical (unpaired) electrons. The number of fused-ring (bicyclic) bond motifs is 3. The summed E-state index contributed by atoms with van der Waals surface area (Å²) in [4.78, 5) is 11.1. The molecule has 0 bridgehead atoms. The molecule has 0 aromatic heterocycles. The third kappa shape index (κ3) is 1.09. The molecule has 4 atom stereocenters. The van der Waals surface area contributed by atoms with E-state index in [1.165, 1.54) is 0 Å². The molecule has 4 nitrogen and oxygen atoms in total. The fourth-order valence-electron chi connectivity index (χ4n) is 2.50. The molecule has 0 N–H and O–H groups in total. The predicted octanol–water partition coefficient (Wildman–Crippen LogP) is 0.106. The van der Waals surface area contributed by atoms with Gasteiger partial charge in [0.2, 0.25) is 0 Å². The van der Waals surface area contributed by atoms with E-state index < -0.39 is 0 Å². The fraction of sp³-hybridized carbons (Fsp3) is 0.889. The van der Waals surface area contributed by atoms with Crippen molar-refractivity contribution in [1.82, 2.24) is 0 Å². The Morgan fingerprint density at radius 2 is 2.15 bits per heavy atom. The number of ether oxygens (including phenoxy) is 3. The molecule has 3 aliphatic heterocycles. The normalized spacial score (nSPS) is 48.5. The highest BCUT2D eigenvalue weighted by atomic mass is 16.6. The van der Waals surface area contributed by atoms with E-state index >= 15 is 0 Å². The summed E-state index contributed by atoms with van der Waals surface area (Å²) < 4.78 is 16.2. The number of hydrogen-bond donors (Lipinski definition) is 0. The van der Waals surface area contributed by atoms with E-state index in [-0.39, 0.29) is 24.3 Å². The Labute approximate surface area is 76.1 Å². The molecular formula is C9H12O4. The van der Waals surface area contributed by atoms with Gasteiger partial charge >= 0.3 is 5.97 Å². The van der Waals surface area contributed by atoms with Crippen LogP contribution in [0.25, 0.3) is 0 Å². The van der Waals surface area contributed by atoms with Crippen molar-refractivity contribution in [2.24, 2.45) is 5.92 Å². The van der Waals surface area contributed by atoms with Crippen LogP contribution in [0.2, 0.25) is 0 Å². The SMILES string of the molecule is O=C1C[C@@H]2OC[C@H]3OCC[C@H]3[C@@H]2O1. The molecule has 4 heteroatoms. The predicted molar refractivity (Wildman–Crippen MR) is 42.1 cm³/mol. The van der Waals surface area contributed by atoms with E-state index in [1.54, 1.807) is 0 Å². The van der Waals surface area contributed by atoms with E-state index in [4.69, 9.17) is 14.2 Å². The smallest absolute Gasteiger partial charge is 0.308 e. The van der Waals surface area contributed by atoms with Gasteiger partial charge in [-0.3, -0.25) is 4.79 Å². The summed E-state index contributed by atoms with van der Waals surface area (Å²) in [5.41, 5.74) is 0. The Balaban J connectivity index is 1.83. The van der Waals surface area contributed by atoms with Crippen LogP contribution in [-0.4, -0.2) is 37.5 Å². The minimum Gasteiger partial charge on any atom is -0.459 e. The van der Waals surface area contributed by atoms with E-state index in [0.717, 1.165) is 13.0 Å². The zero-order valence-electron chi connectivity index (χ0n) is 7.27. The molecule has 0 aromatic rings. The van der Waals surface area contributed by atoms with Crippen LogP contribution >= 0.6 is 0 Å². The molecule has 3 heterocycles. The molecular weight excluding hydrogens is 172 g/mol. The molecule has 0 amide bonds. The lowest BCUT2D eigenvalue weighted by atomic mass is 9.89. The summed E-state index contributed by atoms with van der Waals surface area (Å²) in [5.74, 6) is 0.257. The van der Waals surface area contributed by atoms with Crippen molar-refractivity contribution in [3.8, 4) is 0 Å². The van der Waals surface area contributed by atoms with Gasteiger partial charge in [-0.15, -0.1) is 0 Å². The molecule has 3 fully saturated rings. The van der Waals surface area contributed by atoms with Gasteiger partial charge in [0.1, 0.15) is 12.2 Å². The summed E-state index contributed by atoms with van der Waals surface area (Å²) in [5, 5.41) is 0. The van der Waals surface area contributed by atoms with Gasteiger partial charge in [-0.1, -0.05) is 0 Å². The van der Waals surface area contributed by atoms with E-state index in [1.807, 2.05) is 0 Å². The summed E-state index contributed by atoms with van der Waals surface area (Å²) in [6.45, 7) is 1.40. The third-order valence-corrected chi connectivity index (χ3v) is 3.16. The molecule has 3 saturated heterocycles. The first-order valence-electron chi connectivity index (χ1n) is 4.77. The van der Waals surface area contributed by atoms with E-state index in [9.17, 15) is 4.79 Å². The van der Waals surface area contributed by atoms with Gasteiger partial charge in [-0.2, -0.15) is 0 Å². The number of rotatable bonds is 0. The van der Waals surface area contributed by atoms with Crippen molar-refractivity contribution in [3.63, 3.8) is 0 Å². The van der Waals surface area contributed by atoms with Gasteiger partial charge in [0.15, 0.2) is 0 Å². The first-order chi connectivity index (χ1) is 6.34. The number of carbonyl (C=O) groups excluding carboxylic acids is 1. The Kier molecular flexibility index (Phi) is 1.60. The molecule has 0 spiro atoms. The van der Waals surface area contributed by atoms with Crippen LogP contribution in [0.3, 0.4) is 0 Å². The van der Waals surface area contributed by atoms with Crippen LogP contribution in [0, 0.1) is 5.92 Å². The van der Waals surface area contributed by atoms with Gasteiger partial charge < -0.3 is 14.2 Å². The van der Waals surface area contributed by atoms with Gasteiger partial charge in [-0.25, -0.2) is 0 Å². The van der Waals surface area contributed by atoms with Crippen LogP contribution in [0.15, 0.2) is 0 Å². The highest BCUT2D eigenvalue weighted by molar-refractivity contribution is 5.72. The van der Waals surface area contributed by atoms with Crippen molar-refractivity contribution < 1.29 is 19.0 Å². The lowest BCUT2D eigenvalue weighted by Gasteiger charge is -2.32. The van der Waals surface area contributed by atoms with Crippen molar-refractivity contribution in [1.29, 1.82) is 0 Å². The van der Waals surface area contributed by atoms with E-state index in [0.29, 0.717) is 18.9 Å². The van der Waals surface area contributed by atoms with Crippen LogP contribution < -0.4 is 0 Å². The highest BCUT2D eigenvalue weighted by Crippen LogP contribution is 2.37. The topological polar surface area (TPSA) is 44.8 Å². The molecule has 3 rings (SSSR count). The lowest BCUT2D eigenvalue weighted by molar-refractivity contribution is -0.153. The molecule has 0 aromatic carbocycles. The second-order valence-electron chi connectivity index (χ2n) is 3.89. The molecule has 3 aliphatic rings. The first-order valence-corrected chi connectivity index (χ1v) is 4.77. The Morgan fingerprint density at radius 1 is 1.23 bits per heavy atom. The Hall–Kier alpha value is -0.610. The molecule has 0 aliphatic carbocycles. The first kappa shape index (κ1) is 7.76. The number of carbonyl (C=O) groups is 1. The average molecular weight is 184 g/mol. The van der Waals surface area contributed by atoms with Crippen LogP contribution in [0.4, 0.5) is 0 Å². The van der Waals surface area contributed by atoms with Crippen LogP contribution in [0.1, 0.15) is 12.8 Å².